The van der Waals surface area contributed by atoms with Crippen LogP contribution in [0.15, 0.2) is 316 Å². The molecule has 4 unspecified atom stereocenters. The molecule has 0 radical (unpaired) electrons. The second-order valence-electron chi connectivity index (χ2n) is 38.0. The molecule has 15 aromatic carbocycles. The maximum absolute atomic E-state index is 16.6. The van der Waals surface area contributed by atoms with Crippen molar-refractivity contribution in [2.24, 2.45) is 0 Å². The van der Waals surface area contributed by atoms with Crippen molar-refractivity contribution in [3.8, 4) is 5.88 Å². The van der Waals surface area contributed by atoms with E-state index in [1.54, 1.807) is 193 Å². The minimum absolute atomic E-state index is 0.0677. The van der Waals surface area contributed by atoms with E-state index in [0.29, 0.717) is 38.2 Å². The molecule has 0 bridgehead atoms. The van der Waals surface area contributed by atoms with Gasteiger partial charge in [0.15, 0.2) is 64.4 Å². The molecular weight excluding hydrogens is 1730 g/mol. The largest absolute Gasteiger partial charge is 0.471 e. The minimum Gasteiger partial charge on any atom is -0.471 e. The molecule has 11 atom stereocenters. The Kier molecular flexibility index (Phi) is 23.5. The number of hydrogen-bond acceptors (Lipinski definition) is 21. The summed E-state index contributed by atoms with van der Waals surface area (Å²) in [4.78, 5) is 114. The Hall–Kier alpha value is -14.4. The number of aromatic nitrogens is 4. The fourth-order valence-corrected chi connectivity index (χ4v) is 21.0. The van der Waals surface area contributed by atoms with E-state index in [9.17, 15) is 0 Å². The first-order chi connectivity index (χ1) is 65.2. The number of carbonyl (C=O) groups excluding carboxylic acids is 6. The number of nitrogens with one attached hydrogen (secondary N) is 1. The first-order valence-corrected chi connectivity index (χ1v) is 51.4. The molecular formula is C111H100N6O16Si2. The highest BCUT2D eigenvalue weighted by atomic mass is 28.4. The second kappa shape index (κ2) is 35.9. The standard InChI is InChI=1S/C111H100N6O16Si2/c1-110(2,3)134(7,8)125-64-84-83(133-135(9,10)111(4,5)6)62-85(126-84)116-65-112-93-101(116)113-109(114-102(93)124-63-66-34-18-11-19-35-66)117(94-91-80-59-57-70-51-33-49-68-53-55-78(89(80)87(68)70)61-82(91)96(128-104(119)72-38-22-13-23-39-72)100(132-108(123)76-46-30-17-31-47-76)98(94)130-106(121)74-42-26-15-27-43-74)115-92-90-79-58-56-69-50-32-48-67-52-54-77(88(79)86(67)69)60-81(90)95(127-103(118)71-36-20-12-21-37-71)99(131-107(122)75-44-28-16-29-45-75)97(92)129-105(120)73-40-24-14-25-41-73/h11-61,65,83-85,92,94-100,115H,62-64H2,1-10H3/t83-,84+,85+,92?,94?,95+,96+,97?,98?,99+,100-/m0/s1. The van der Waals surface area contributed by atoms with Crippen LogP contribution in [0.4, 0.5) is 5.95 Å². The first-order valence-electron chi connectivity index (χ1n) is 45.6. The van der Waals surface area contributed by atoms with Crippen LogP contribution in [0.5, 0.6) is 5.88 Å². The zero-order chi connectivity index (χ0) is 93.3. The van der Waals surface area contributed by atoms with E-state index in [1.807, 2.05) is 132 Å². The van der Waals surface area contributed by atoms with Gasteiger partial charge >= 0.3 is 35.8 Å². The molecule has 1 N–H and O–H groups in total. The smallest absolute Gasteiger partial charge is 0.338 e. The number of fused-ring (bicyclic) bond motifs is 5. The van der Waals surface area contributed by atoms with Crippen molar-refractivity contribution in [3.63, 3.8) is 0 Å². The number of hydrazine groups is 1. The summed E-state index contributed by atoms with van der Waals surface area (Å²) in [5, 5.41) is 10.4. The van der Waals surface area contributed by atoms with E-state index in [4.69, 9.17) is 61.7 Å². The Morgan fingerprint density at radius 2 is 0.807 bits per heavy atom. The summed E-state index contributed by atoms with van der Waals surface area (Å²) in [6.45, 7) is 22.2. The number of anilines is 1. The van der Waals surface area contributed by atoms with E-state index >= 15 is 28.8 Å². The quantitative estimate of drug-likeness (QED) is 0.0183. The summed E-state index contributed by atoms with van der Waals surface area (Å²) in [7, 11) is -5.11. The minimum atomic E-state index is -2.63. The molecule has 678 valence electrons. The number of nitrogens with zero attached hydrogens (tertiary/aromatic N) is 5. The third kappa shape index (κ3) is 16.9. The van der Waals surface area contributed by atoms with Gasteiger partial charge in [-0.25, -0.2) is 39.2 Å². The topological polar surface area (TPSA) is 254 Å². The molecule has 2 aromatic heterocycles. The Morgan fingerprint density at radius 1 is 0.422 bits per heavy atom. The van der Waals surface area contributed by atoms with Crippen LogP contribution >= 0.6 is 0 Å². The maximum Gasteiger partial charge on any atom is 0.338 e. The molecule has 2 aliphatic carbocycles. The highest BCUT2D eigenvalue weighted by molar-refractivity contribution is 6.74. The fraction of sp³-hybridized carbons (Fsp3) is 0.234. The normalized spacial score (nSPS) is 19.7. The van der Waals surface area contributed by atoms with Gasteiger partial charge in [-0.1, -0.05) is 266 Å². The maximum atomic E-state index is 16.6. The molecule has 1 fully saturated rings. The van der Waals surface area contributed by atoms with Gasteiger partial charge in [0.2, 0.25) is 11.8 Å². The zero-order valence-electron chi connectivity index (χ0n) is 76.3. The molecule has 135 heavy (non-hydrogen) atoms. The highest BCUT2D eigenvalue weighted by Gasteiger charge is 2.58. The molecule has 0 amide bonds. The van der Waals surface area contributed by atoms with Crippen LogP contribution in [0.2, 0.25) is 36.3 Å². The fourth-order valence-electron chi connectivity index (χ4n) is 18.7. The van der Waals surface area contributed by atoms with Crippen LogP contribution in [0.1, 0.15) is 168 Å². The van der Waals surface area contributed by atoms with Gasteiger partial charge in [0, 0.05) is 17.5 Å². The van der Waals surface area contributed by atoms with E-state index in [0.717, 1.165) is 48.7 Å². The van der Waals surface area contributed by atoms with Crippen LogP contribution in [-0.4, -0.2) is 115 Å². The Morgan fingerprint density at radius 3 is 1.25 bits per heavy atom. The van der Waals surface area contributed by atoms with Gasteiger partial charge in [-0.05, 0) is 203 Å². The van der Waals surface area contributed by atoms with Crippen molar-refractivity contribution < 1.29 is 75.5 Å². The number of ether oxygens (including phenoxy) is 8. The van der Waals surface area contributed by atoms with E-state index < -0.39 is 120 Å². The summed E-state index contributed by atoms with van der Waals surface area (Å²) in [6, 6.07) is 88.3. The van der Waals surface area contributed by atoms with Gasteiger partial charge in [0.1, 0.15) is 25.0 Å². The number of rotatable bonds is 25. The van der Waals surface area contributed by atoms with Crippen molar-refractivity contribution in [1.29, 1.82) is 0 Å². The van der Waals surface area contributed by atoms with Crippen LogP contribution < -0.4 is 15.2 Å². The molecule has 1 saturated heterocycles. The van der Waals surface area contributed by atoms with Crippen molar-refractivity contribution in [2.75, 3.05) is 11.6 Å². The molecule has 20 rings (SSSR count). The van der Waals surface area contributed by atoms with Gasteiger partial charge < -0.3 is 46.7 Å². The molecule has 24 heteroatoms. The SMILES string of the molecule is CC(C)(C)[Si](C)(C)OC[C@H]1O[C@@H](n2cnc3c(OCc4ccccc4)nc(N(NC4c5c(cc6ccc7cccc8ccc5c6c78)[C@@H](OC(=O)c5ccccc5)[C@@H](OC(=O)c5ccccc5)C4OC(=O)c4ccccc4)C4c5c(cc6ccc7cccc8ccc5c6c78)[C@@H](OC(=O)c5ccccc5)[C@H](OC(=O)c5ccccc5)C4OC(=O)c4ccccc4)nc32)C[C@@H]1O[Si](C)(C)C(C)(C)C. The number of imidazole rings is 1. The lowest BCUT2D eigenvalue weighted by atomic mass is 9.76. The molecule has 17 aromatic rings. The summed E-state index contributed by atoms with van der Waals surface area (Å²) < 4.78 is 74.7. The summed E-state index contributed by atoms with van der Waals surface area (Å²) in [6.07, 6.45) is -11.0. The van der Waals surface area contributed by atoms with Crippen molar-refractivity contribution >= 4 is 134 Å². The summed E-state index contributed by atoms with van der Waals surface area (Å²) in [5.74, 6) is -5.58. The second-order valence-corrected chi connectivity index (χ2v) is 47.6. The molecule has 0 spiro atoms. The van der Waals surface area contributed by atoms with Gasteiger partial charge in [0.05, 0.1) is 58.5 Å². The van der Waals surface area contributed by atoms with Gasteiger partial charge in [-0.15, -0.1) is 0 Å². The number of esters is 6. The average molecular weight is 1830 g/mol. The summed E-state index contributed by atoms with van der Waals surface area (Å²) >= 11 is 0. The summed E-state index contributed by atoms with van der Waals surface area (Å²) in [5.41, 5.74) is 7.03. The predicted octanol–water partition coefficient (Wildman–Crippen LogP) is 23.4. The highest BCUT2D eigenvalue weighted by Crippen LogP contribution is 2.56. The van der Waals surface area contributed by atoms with Crippen LogP contribution in [0.25, 0.3) is 75.8 Å². The third-order valence-electron chi connectivity index (χ3n) is 27.6. The van der Waals surface area contributed by atoms with Crippen LogP contribution in [0, 0.1) is 0 Å². The van der Waals surface area contributed by atoms with E-state index in [-0.39, 0.29) is 91.6 Å². The monoisotopic (exact) mass is 1830 g/mol. The van der Waals surface area contributed by atoms with Crippen molar-refractivity contribution in [2.45, 2.75) is 158 Å². The molecule has 3 aliphatic rings. The zero-order valence-corrected chi connectivity index (χ0v) is 78.3. The Balaban J connectivity index is 0.925. The van der Waals surface area contributed by atoms with Crippen LogP contribution in [-0.2, 0) is 48.6 Å². The number of carbonyl (C=O) groups is 6. The number of benzene rings is 15. The van der Waals surface area contributed by atoms with E-state index in [1.165, 1.54) is 0 Å². The average Bonchev–Trinajstić information content (AvgIpc) is 1.62. The molecule has 0 saturated carbocycles. The lowest BCUT2D eigenvalue weighted by Gasteiger charge is -2.49. The Bertz CT molecular complexity index is 7300. The van der Waals surface area contributed by atoms with Gasteiger partial charge in [-0.3, -0.25) is 9.58 Å². The van der Waals surface area contributed by atoms with Crippen molar-refractivity contribution in [1.82, 2.24) is 24.9 Å². The Labute approximate surface area is 782 Å². The molecule has 22 nitrogen and oxygen atoms in total. The van der Waals surface area contributed by atoms with Crippen molar-refractivity contribution in [3.05, 3.63) is 377 Å². The van der Waals surface area contributed by atoms with Crippen LogP contribution in [0.3, 0.4) is 0 Å². The van der Waals surface area contributed by atoms with E-state index in [2.05, 4.69) is 73.2 Å². The lowest BCUT2D eigenvalue weighted by Crippen LogP contribution is -2.60. The predicted molar refractivity (Wildman–Crippen MR) is 523 cm³/mol. The molecule has 1 aliphatic heterocycles. The lowest BCUT2D eigenvalue weighted by molar-refractivity contribution is -0.112. The van der Waals surface area contributed by atoms with Gasteiger partial charge in [0.25, 0.3) is 0 Å². The van der Waals surface area contributed by atoms with Gasteiger partial charge in [-0.2, -0.15) is 9.97 Å². The first kappa shape index (κ1) is 88.5. The molecule has 3 heterocycles. The number of hydrogen-bond donors (Lipinski definition) is 1. The third-order valence-corrected chi connectivity index (χ3v) is 36.6.